The van der Waals surface area contributed by atoms with Gasteiger partial charge < -0.3 is 15.5 Å². The van der Waals surface area contributed by atoms with Gasteiger partial charge in [-0.05, 0) is 63.8 Å². The molecular weight excluding hydrogens is 272 g/mol. The third-order valence-electron chi connectivity index (χ3n) is 5.29. The van der Waals surface area contributed by atoms with Crippen LogP contribution in [0.2, 0.25) is 0 Å². The largest absolute Gasteiger partial charge is 0.356 e. The van der Waals surface area contributed by atoms with Crippen molar-refractivity contribution in [1.82, 2.24) is 15.5 Å². The SMILES string of the molecule is CN=C(NCCC1=CCCCC1)NCC1CCN(C2CC2)C1. The fourth-order valence-corrected chi connectivity index (χ4v) is 3.74. The molecule has 1 unspecified atom stereocenters. The zero-order valence-electron chi connectivity index (χ0n) is 14.1. The molecule has 4 nitrogen and oxygen atoms in total. The first-order chi connectivity index (χ1) is 10.8. The topological polar surface area (TPSA) is 39.7 Å². The van der Waals surface area contributed by atoms with Crippen LogP contribution in [0.15, 0.2) is 16.6 Å². The van der Waals surface area contributed by atoms with Crippen molar-refractivity contribution >= 4 is 5.96 Å². The molecule has 0 amide bonds. The number of hydrogen-bond donors (Lipinski definition) is 2. The summed E-state index contributed by atoms with van der Waals surface area (Å²) in [5, 5.41) is 6.99. The maximum absolute atomic E-state index is 4.36. The van der Waals surface area contributed by atoms with Crippen LogP contribution in [0.3, 0.4) is 0 Å². The Bertz CT molecular complexity index is 411. The van der Waals surface area contributed by atoms with Gasteiger partial charge in [0.1, 0.15) is 0 Å². The van der Waals surface area contributed by atoms with Crippen LogP contribution < -0.4 is 10.6 Å². The van der Waals surface area contributed by atoms with E-state index >= 15 is 0 Å². The quantitative estimate of drug-likeness (QED) is 0.450. The van der Waals surface area contributed by atoms with Crippen LogP contribution in [0.4, 0.5) is 0 Å². The Hall–Kier alpha value is -1.03. The minimum Gasteiger partial charge on any atom is -0.356 e. The summed E-state index contributed by atoms with van der Waals surface area (Å²) >= 11 is 0. The van der Waals surface area contributed by atoms with Gasteiger partial charge in [0, 0.05) is 32.7 Å². The van der Waals surface area contributed by atoms with Gasteiger partial charge in [0.05, 0.1) is 0 Å². The number of aliphatic imine (C=N–C) groups is 1. The third-order valence-corrected chi connectivity index (χ3v) is 5.29. The van der Waals surface area contributed by atoms with Gasteiger partial charge in [-0.2, -0.15) is 0 Å². The van der Waals surface area contributed by atoms with Gasteiger partial charge in [0.2, 0.25) is 0 Å². The Morgan fingerprint density at radius 1 is 1.27 bits per heavy atom. The van der Waals surface area contributed by atoms with E-state index in [2.05, 4.69) is 26.6 Å². The van der Waals surface area contributed by atoms with E-state index in [1.807, 2.05) is 7.05 Å². The Balaban J connectivity index is 1.31. The molecule has 1 saturated heterocycles. The summed E-state index contributed by atoms with van der Waals surface area (Å²) in [7, 11) is 1.88. The Morgan fingerprint density at radius 3 is 2.91 bits per heavy atom. The molecule has 2 N–H and O–H groups in total. The lowest BCUT2D eigenvalue weighted by Crippen LogP contribution is -2.40. The number of likely N-dealkylation sites (tertiary alicyclic amines) is 1. The van der Waals surface area contributed by atoms with Crippen molar-refractivity contribution in [3.05, 3.63) is 11.6 Å². The zero-order valence-corrected chi connectivity index (χ0v) is 14.1. The van der Waals surface area contributed by atoms with Crippen molar-refractivity contribution < 1.29 is 0 Å². The fourth-order valence-electron chi connectivity index (χ4n) is 3.74. The summed E-state index contributed by atoms with van der Waals surface area (Å²) in [6.45, 7) is 4.65. The van der Waals surface area contributed by atoms with Crippen molar-refractivity contribution in [2.45, 2.75) is 57.4 Å². The van der Waals surface area contributed by atoms with E-state index in [0.29, 0.717) is 0 Å². The predicted molar refractivity (Wildman–Crippen MR) is 93.2 cm³/mol. The molecule has 0 bridgehead atoms. The van der Waals surface area contributed by atoms with Gasteiger partial charge in [0.25, 0.3) is 0 Å². The van der Waals surface area contributed by atoms with Crippen LogP contribution in [-0.2, 0) is 0 Å². The number of rotatable bonds is 6. The van der Waals surface area contributed by atoms with Crippen molar-refractivity contribution in [3.63, 3.8) is 0 Å². The van der Waals surface area contributed by atoms with E-state index in [0.717, 1.165) is 31.0 Å². The van der Waals surface area contributed by atoms with Crippen LogP contribution in [0.1, 0.15) is 51.4 Å². The van der Waals surface area contributed by atoms with Gasteiger partial charge >= 0.3 is 0 Å². The first kappa shape index (κ1) is 15.9. The molecule has 0 aromatic carbocycles. The maximum Gasteiger partial charge on any atom is 0.190 e. The highest BCUT2D eigenvalue weighted by Gasteiger charge is 2.34. The van der Waals surface area contributed by atoms with Crippen LogP contribution in [0.5, 0.6) is 0 Å². The standard InChI is InChI=1S/C18H32N4/c1-19-18(20-11-9-15-5-3-2-4-6-15)21-13-16-10-12-22(14-16)17-7-8-17/h5,16-17H,2-4,6-14H2,1H3,(H2,19,20,21). The highest BCUT2D eigenvalue weighted by Crippen LogP contribution is 2.31. The van der Waals surface area contributed by atoms with Gasteiger partial charge in [-0.15, -0.1) is 0 Å². The van der Waals surface area contributed by atoms with Gasteiger partial charge in [-0.1, -0.05) is 11.6 Å². The first-order valence-corrected chi connectivity index (χ1v) is 9.21. The maximum atomic E-state index is 4.36. The Labute approximate surface area is 135 Å². The second kappa shape index (κ2) is 8.00. The predicted octanol–water partition coefficient (Wildman–Crippen LogP) is 2.53. The molecule has 0 aromatic heterocycles. The van der Waals surface area contributed by atoms with Crippen molar-refractivity contribution in [2.75, 3.05) is 33.2 Å². The van der Waals surface area contributed by atoms with Crippen LogP contribution in [0.25, 0.3) is 0 Å². The van der Waals surface area contributed by atoms with Crippen molar-refractivity contribution in [3.8, 4) is 0 Å². The van der Waals surface area contributed by atoms with Crippen LogP contribution in [-0.4, -0.2) is 50.1 Å². The zero-order chi connectivity index (χ0) is 15.2. The summed E-state index contributed by atoms with van der Waals surface area (Å²) in [5.74, 6) is 1.77. The molecule has 1 heterocycles. The summed E-state index contributed by atoms with van der Waals surface area (Å²) in [5.41, 5.74) is 1.63. The van der Waals surface area contributed by atoms with E-state index in [1.165, 1.54) is 64.5 Å². The number of hydrogen-bond acceptors (Lipinski definition) is 2. The summed E-state index contributed by atoms with van der Waals surface area (Å²) in [4.78, 5) is 7.04. The molecule has 2 fully saturated rings. The normalized spacial score (nSPS) is 26.9. The number of guanidine groups is 1. The molecule has 124 valence electrons. The van der Waals surface area contributed by atoms with Gasteiger partial charge in [0.15, 0.2) is 5.96 Å². The Kier molecular flexibility index (Phi) is 5.76. The highest BCUT2D eigenvalue weighted by molar-refractivity contribution is 5.79. The second-order valence-corrected chi connectivity index (χ2v) is 7.12. The van der Waals surface area contributed by atoms with E-state index in [9.17, 15) is 0 Å². The highest BCUT2D eigenvalue weighted by atomic mass is 15.2. The number of nitrogens with one attached hydrogen (secondary N) is 2. The lowest BCUT2D eigenvalue weighted by atomic mass is 9.97. The average Bonchev–Trinajstić information content (AvgIpc) is 3.30. The number of allylic oxidation sites excluding steroid dienone is 1. The molecule has 0 spiro atoms. The second-order valence-electron chi connectivity index (χ2n) is 7.12. The third kappa shape index (κ3) is 4.73. The molecular formula is C18H32N4. The molecule has 1 atom stereocenters. The lowest BCUT2D eigenvalue weighted by molar-refractivity contribution is 0.314. The monoisotopic (exact) mass is 304 g/mol. The molecule has 3 aliphatic rings. The molecule has 1 aliphatic heterocycles. The van der Waals surface area contributed by atoms with E-state index < -0.39 is 0 Å². The minimum absolute atomic E-state index is 0.792. The van der Waals surface area contributed by atoms with Crippen molar-refractivity contribution in [1.29, 1.82) is 0 Å². The van der Waals surface area contributed by atoms with E-state index in [1.54, 1.807) is 5.57 Å². The molecule has 3 rings (SSSR count). The summed E-state index contributed by atoms with van der Waals surface area (Å²) in [6.07, 6.45) is 13.1. The summed E-state index contributed by atoms with van der Waals surface area (Å²) < 4.78 is 0. The lowest BCUT2D eigenvalue weighted by Gasteiger charge is -2.18. The Morgan fingerprint density at radius 2 is 2.18 bits per heavy atom. The van der Waals surface area contributed by atoms with Crippen molar-refractivity contribution in [2.24, 2.45) is 10.9 Å². The molecule has 4 heteroatoms. The van der Waals surface area contributed by atoms with Crippen LogP contribution in [0, 0.1) is 5.92 Å². The van der Waals surface area contributed by atoms with Gasteiger partial charge in [-0.25, -0.2) is 0 Å². The molecule has 0 radical (unpaired) electrons. The number of nitrogens with zero attached hydrogens (tertiary/aromatic N) is 2. The van der Waals surface area contributed by atoms with Crippen LogP contribution >= 0.6 is 0 Å². The minimum atomic E-state index is 0.792. The molecule has 1 saturated carbocycles. The average molecular weight is 304 g/mol. The fraction of sp³-hybridized carbons (Fsp3) is 0.833. The van der Waals surface area contributed by atoms with Gasteiger partial charge in [-0.3, -0.25) is 4.99 Å². The molecule has 2 aliphatic carbocycles. The van der Waals surface area contributed by atoms with E-state index in [-0.39, 0.29) is 0 Å². The smallest absolute Gasteiger partial charge is 0.190 e. The first-order valence-electron chi connectivity index (χ1n) is 9.21. The van der Waals surface area contributed by atoms with E-state index in [4.69, 9.17) is 0 Å². The summed E-state index contributed by atoms with van der Waals surface area (Å²) in [6, 6.07) is 0.922. The molecule has 0 aromatic rings. The molecule has 22 heavy (non-hydrogen) atoms.